The zero-order valence-electron chi connectivity index (χ0n) is 14.6. The van der Waals surface area contributed by atoms with Crippen LogP contribution in [0.4, 0.5) is 0 Å². The highest BCUT2D eigenvalue weighted by Crippen LogP contribution is 2.41. The summed E-state index contributed by atoms with van der Waals surface area (Å²) in [6, 6.07) is 13.3. The highest BCUT2D eigenvalue weighted by Gasteiger charge is 2.20. The molecule has 0 heterocycles. The van der Waals surface area contributed by atoms with E-state index in [4.69, 9.17) is 0 Å². The minimum atomic E-state index is -0.115. The fourth-order valence-corrected chi connectivity index (χ4v) is 3.25. The number of hydrogen-bond donors (Lipinski definition) is 2. The molecule has 0 radical (unpaired) electrons. The highest BCUT2D eigenvalue weighted by molar-refractivity contribution is 5.87. The molecule has 0 spiro atoms. The minimum Gasteiger partial charge on any atom is -0.504 e. The summed E-state index contributed by atoms with van der Waals surface area (Å²) in [6.07, 6.45) is 2.77. The van der Waals surface area contributed by atoms with Crippen molar-refractivity contribution in [2.24, 2.45) is 0 Å². The summed E-state index contributed by atoms with van der Waals surface area (Å²) in [4.78, 5) is 0. The summed E-state index contributed by atoms with van der Waals surface area (Å²) in [5.41, 5.74) is 8.19. The quantitative estimate of drug-likeness (QED) is 0.696. The Morgan fingerprint density at radius 3 is 2.28 bits per heavy atom. The van der Waals surface area contributed by atoms with Crippen molar-refractivity contribution in [3.05, 3.63) is 101 Å². The highest BCUT2D eigenvalue weighted by atomic mass is 16.3. The Bertz CT molecular complexity index is 928. The van der Waals surface area contributed by atoms with Gasteiger partial charge in [0.1, 0.15) is 0 Å². The third kappa shape index (κ3) is 3.16. The van der Waals surface area contributed by atoms with Gasteiger partial charge in [0.15, 0.2) is 11.5 Å². The first-order valence-corrected chi connectivity index (χ1v) is 8.25. The molecule has 126 valence electrons. The van der Waals surface area contributed by atoms with E-state index in [1.54, 1.807) is 12.1 Å². The molecule has 2 heteroatoms. The van der Waals surface area contributed by atoms with Crippen LogP contribution in [0.15, 0.2) is 84.0 Å². The van der Waals surface area contributed by atoms with Crippen LogP contribution in [-0.2, 0) is 0 Å². The lowest BCUT2D eigenvalue weighted by Gasteiger charge is -2.24. The van der Waals surface area contributed by atoms with Crippen molar-refractivity contribution in [1.82, 2.24) is 0 Å². The molecule has 0 aromatic heterocycles. The average molecular weight is 330 g/mol. The smallest absolute Gasteiger partial charge is 0.158 e. The SMILES string of the molecule is C=C1C=C(C)/C(=C(/c2ccccc2)c2cc(O)c(O)cc2C)CC1=C. The van der Waals surface area contributed by atoms with Crippen molar-refractivity contribution < 1.29 is 10.2 Å². The lowest BCUT2D eigenvalue weighted by atomic mass is 9.80. The lowest BCUT2D eigenvalue weighted by molar-refractivity contribution is 0.403. The molecule has 2 aromatic carbocycles. The Kier molecular flexibility index (Phi) is 4.37. The molecule has 0 saturated carbocycles. The van der Waals surface area contributed by atoms with E-state index >= 15 is 0 Å². The van der Waals surface area contributed by atoms with Gasteiger partial charge in [-0.2, -0.15) is 0 Å². The molecule has 0 saturated heterocycles. The molecule has 1 aliphatic carbocycles. The number of hydrogen-bond acceptors (Lipinski definition) is 2. The first-order chi connectivity index (χ1) is 11.9. The van der Waals surface area contributed by atoms with E-state index in [1.165, 1.54) is 0 Å². The Morgan fingerprint density at radius 1 is 0.960 bits per heavy atom. The van der Waals surface area contributed by atoms with Gasteiger partial charge in [-0.1, -0.05) is 49.6 Å². The Balaban J connectivity index is 2.35. The molecular formula is C23H22O2. The average Bonchev–Trinajstić information content (AvgIpc) is 2.58. The van der Waals surface area contributed by atoms with Crippen molar-refractivity contribution in [2.75, 3.05) is 0 Å². The maximum Gasteiger partial charge on any atom is 0.158 e. The normalized spacial score (nSPS) is 16.6. The summed E-state index contributed by atoms with van der Waals surface area (Å²) in [6.45, 7) is 12.2. The van der Waals surface area contributed by atoms with Crippen LogP contribution in [0.5, 0.6) is 11.5 Å². The topological polar surface area (TPSA) is 40.5 Å². The standard InChI is InChI=1S/C23H22O2/c1-14-10-16(3)19(11-15(14)2)23(18-8-6-5-7-9-18)20-13-22(25)21(24)12-17(20)4/h5-10,12-13,24-25H,1-2,11H2,3-4H3/b23-19-. The van der Waals surface area contributed by atoms with E-state index < -0.39 is 0 Å². The molecule has 25 heavy (non-hydrogen) atoms. The van der Waals surface area contributed by atoms with Crippen molar-refractivity contribution in [3.63, 3.8) is 0 Å². The van der Waals surface area contributed by atoms with Crippen molar-refractivity contribution in [3.8, 4) is 11.5 Å². The van der Waals surface area contributed by atoms with Gasteiger partial charge < -0.3 is 10.2 Å². The summed E-state index contributed by atoms with van der Waals surface area (Å²) < 4.78 is 0. The van der Waals surface area contributed by atoms with E-state index in [1.807, 2.05) is 25.1 Å². The van der Waals surface area contributed by atoms with E-state index in [9.17, 15) is 10.2 Å². The van der Waals surface area contributed by atoms with Crippen LogP contribution in [0, 0.1) is 6.92 Å². The molecular weight excluding hydrogens is 308 g/mol. The van der Waals surface area contributed by atoms with Crippen molar-refractivity contribution in [2.45, 2.75) is 20.3 Å². The molecule has 1 aliphatic rings. The fourth-order valence-electron chi connectivity index (χ4n) is 3.25. The summed E-state index contributed by atoms with van der Waals surface area (Å²) in [5, 5.41) is 19.9. The van der Waals surface area contributed by atoms with Gasteiger partial charge in [0, 0.05) is 0 Å². The predicted octanol–water partition coefficient (Wildman–Crippen LogP) is 5.67. The number of allylic oxidation sites excluding steroid dienone is 5. The molecule has 0 amide bonds. The van der Waals surface area contributed by atoms with Gasteiger partial charge in [0.2, 0.25) is 0 Å². The Labute approximate surface area is 148 Å². The van der Waals surface area contributed by atoms with Gasteiger partial charge in [-0.3, -0.25) is 0 Å². The molecule has 0 aliphatic heterocycles. The predicted molar refractivity (Wildman–Crippen MR) is 104 cm³/mol. The molecule has 2 N–H and O–H groups in total. The van der Waals surface area contributed by atoms with Crippen LogP contribution in [0.25, 0.3) is 5.57 Å². The second-order valence-corrected chi connectivity index (χ2v) is 6.51. The molecule has 0 fully saturated rings. The van der Waals surface area contributed by atoms with Crippen LogP contribution in [0.2, 0.25) is 0 Å². The minimum absolute atomic E-state index is 0.104. The maximum absolute atomic E-state index is 10.1. The number of rotatable bonds is 2. The monoisotopic (exact) mass is 330 g/mol. The van der Waals surface area contributed by atoms with Gasteiger partial charge >= 0.3 is 0 Å². The number of aromatic hydroxyl groups is 2. The van der Waals surface area contributed by atoms with Crippen LogP contribution in [-0.4, -0.2) is 10.2 Å². The largest absolute Gasteiger partial charge is 0.504 e. The van der Waals surface area contributed by atoms with E-state index in [2.05, 4.69) is 38.3 Å². The maximum atomic E-state index is 10.1. The number of aryl methyl sites for hydroxylation is 1. The number of benzene rings is 2. The zero-order valence-corrected chi connectivity index (χ0v) is 14.6. The van der Waals surface area contributed by atoms with Gasteiger partial charge in [-0.25, -0.2) is 0 Å². The van der Waals surface area contributed by atoms with E-state index in [-0.39, 0.29) is 11.5 Å². The molecule has 2 nitrogen and oxygen atoms in total. The summed E-state index contributed by atoms with van der Waals surface area (Å²) in [5.74, 6) is -0.220. The zero-order chi connectivity index (χ0) is 18.1. The summed E-state index contributed by atoms with van der Waals surface area (Å²) in [7, 11) is 0. The van der Waals surface area contributed by atoms with E-state index in [0.717, 1.165) is 44.6 Å². The van der Waals surface area contributed by atoms with Crippen LogP contribution >= 0.6 is 0 Å². The van der Waals surface area contributed by atoms with Gasteiger partial charge in [-0.05, 0) is 77.0 Å². The molecule has 3 rings (SSSR count). The second-order valence-electron chi connectivity index (χ2n) is 6.51. The summed E-state index contributed by atoms with van der Waals surface area (Å²) >= 11 is 0. The van der Waals surface area contributed by atoms with Gasteiger partial charge in [0.05, 0.1) is 0 Å². The third-order valence-electron chi connectivity index (χ3n) is 4.67. The third-order valence-corrected chi connectivity index (χ3v) is 4.67. The van der Waals surface area contributed by atoms with Crippen LogP contribution < -0.4 is 0 Å². The van der Waals surface area contributed by atoms with Crippen LogP contribution in [0.1, 0.15) is 30.0 Å². The van der Waals surface area contributed by atoms with E-state index in [0.29, 0.717) is 6.42 Å². The molecule has 2 aromatic rings. The molecule has 0 bridgehead atoms. The number of phenolic OH excluding ortho intramolecular Hbond substituents is 2. The van der Waals surface area contributed by atoms with Gasteiger partial charge in [-0.15, -0.1) is 0 Å². The Hall–Kier alpha value is -3.00. The molecule has 0 unspecified atom stereocenters. The first-order valence-electron chi connectivity index (χ1n) is 8.25. The fraction of sp³-hybridized carbons (Fsp3) is 0.130. The van der Waals surface area contributed by atoms with Gasteiger partial charge in [0.25, 0.3) is 0 Å². The first kappa shape index (κ1) is 16.8. The van der Waals surface area contributed by atoms with Crippen molar-refractivity contribution in [1.29, 1.82) is 0 Å². The second kappa shape index (κ2) is 6.48. The number of phenols is 2. The lowest BCUT2D eigenvalue weighted by Crippen LogP contribution is -2.04. The molecule has 0 atom stereocenters. The Morgan fingerprint density at radius 2 is 1.60 bits per heavy atom. The van der Waals surface area contributed by atoms with Crippen LogP contribution in [0.3, 0.4) is 0 Å². The van der Waals surface area contributed by atoms with Crippen molar-refractivity contribution >= 4 is 5.57 Å².